The van der Waals surface area contributed by atoms with E-state index in [9.17, 15) is 14.4 Å². The average Bonchev–Trinajstić information content (AvgIpc) is 3.42. The SMILES string of the molecule is CC/C=C\C/C=C\C/C=C\C/C=C\C/C=C\CC(=O)OCC(COC(=O)CCCCCCCCCCCCCCCCCCCCCCCCCCCC)OC(=O)CCCCCCCCC/C=C\CCCCCCCC. The first-order valence-electron chi connectivity index (χ1n) is 32.9. The average molecular weight is 1060 g/mol. The monoisotopic (exact) mass is 1060 g/mol. The van der Waals surface area contributed by atoms with Crippen molar-refractivity contribution in [2.45, 2.75) is 341 Å². The topological polar surface area (TPSA) is 78.9 Å². The van der Waals surface area contributed by atoms with Crippen molar-refractivity contribution in [3.8, 4) is 0 Å². The van der Waals surface area contributed by atoms with Crippen molar-refractivity contribution >= 4 is 17.9 Å². The maximum atomic E-state index is 12.9. The van der Waals surface area contributed by atoms with Gasteiger partial charge in [-0.05, 0) is 70.6 Å². The molecule has 0 N–H and O–H groups in total. The zero-order valence-corrected chi connectivity index (χ0v) is 50.5. The van der Waals surface area contributed by atoms with Gasteiger partial charge in [0.1, 0.15) is 13.2 Å². The van der Waals surface area contributed by atoms with Gasteiger partial charge in [-0.3, -0.25) is 14.4 Å². The second kappa shape index (κ2) is 64.4. The summed E-state index contributed by atoms with van der Waals surface area (Å²) in [4.78, 5) is 38.2. The molecule has 0 aliphatic rings. The zero-order chi connectivity index (χ0) is 55.0. The molecule has 0 aromatic carbocycles. The standard InChI is InChI=1S/C70H124O6/c1-4-7-10-13-16-19-22-25-28-30-31-32-33-34-35-36-37-38-40-42-45-48-51-54-57-60-63-69(72)75-66-67(65-74-68(71)62-59-56-53-50-47-44-41-27-24-21-18-15-12-9-6-3)76-70(73)64-61-58-55-52-49-46-43-39-29-26-23-20-17-14-11-8-5-2/h9,12,18,21,26-27,29,41,47,50,56,59,67H,4-8,10-11,13-17,19-20,22-25,28,30-40,42-46,48-49,51-55,57-58,60-66H2,1-3H3/b12-9-,21-18-,29-26-,41-27-,50-47-,59-56-. The summed E-state index contributed by atoms with van der Waals surface area (Å²) in [7, 11) is 0. The Bertz CT molecular complexity index is 1400. The van der Waals surface area contributed by atoms with E-state index in [0.29, 0.717) is 12.8 Å². The molecule has 440 valence electrons. The molecular weight excluding hydrogens is 937 g/mol. The number of hydrogen-bond donors (Lipinski definition) is 0. The minimum Gasteiger partial charge on any atom is -0.462 e. The number of esters is 3. The van der Waals surface area contributed by atoms with Crippen molar-refractivity contribution in [3.63, 3.8) is 0 Å². The lowest BCUT2D eigenvalue weighted by molar-refractivity contribution is -0.166. The summed E-state index contributed by atoms with van der Waals surface area (Å²) in [5, 5.41) is 0. The van der Waals surface area contributed by atoms with E-state index in [1.165, 1.54) is 225 Å². The lowest BCUT2D eigenvalue weighted by atomic mass is 10.0. The summed E-state index contributed by atoms with van der Waals surface area (Å²) >= 11 is 0. The molecule has 0 radical (unpaired) electrons. The quantitative estimate of drug-likeness (QED) is 0.0261. The molecule has 1 unspecified atom stereocenters. The van der Waals surface area contributed by atoms with Gasteiger partial charge in [0.2, 0.25) is 0 Å². The first-order valence-corrected chi connectivity index (χ1v) is 32.9. The van der Waals surface area contributed by atoms with Crippen LogP contribution < -0.4 is 0 Å². The number of rotatable bonds is 60. The third kappa shape index (κ3) is 61.7. The highest BCUT2D eigenvalue weighted by Gasteiger charge is 2.19. The molecular formula is C70H124O6. The van der Waals surface area contributed by atoms with E-state index in [1.807, 2.05) is 6.08 Å². The number of allylic oxidation sites excluding steroid dienone is 11. The van der Waals surface area contributed by atoms with E-state index in [-0.39, 0.29) is 31.6 Å². The zero-order valence-electron chi connectivity index (χ0n) is 50.5. The van der Waals surface area contributed by atoms with Crippen LogP contribution in [0.3, 0.4) is 0 Å². The van der Waals surface area contributed by atoms with E-state index >= 15 is 0 Å². The largest absolute Gasteiger partial charge is 0.462 e. The van der Waals surface area contributed by atoms with Gasteiger partial charge in [0.15, 0.2) is 6.10 Å². The van der Waals surface area contributed by atoms with Crippen LogP contribution in [0.1, 0.15) is 335 Å². The van der Waals surface area contributed by atoms with E-state index in [4.69, 9.17) is 14.2 Å². The summed E-state index contributed by atoms with van der Waals surface area (Å²) < 4.78 is 16.8. The third-order valence-electron chi connectivity index (χ3n) is 14.5. The minimum absolute atomic E-state index is 0.104. The van der Waals surface area contributed by atoms with Crippen molar-refractivity contribution in [2.24, 2.45) is 0 Å². The van der Waals surface area contributed by atoms with Crippen LogP contribution in [0, 0.1) is 0 Å². The van der Waals surface area contributed by atoms with E-state index < -0.39 is 12.1 Å². The molecule has 0 bridgehead atoms. The van der Waals surface area contributed by atoms with Crippen molar-refractivity contribution < 1.29 is 28.6 Å². The molecule has 6 nitrogen and oxygen atoms in total. The van der Waals surface area contributed by atoms with Gasteiger partial charge in [0.05, 0.1) is 6.42 Å². The third-order valence-corrected chi connectivity index (χ3v) is 14.5. The van der Waals surface area contributed by atoms with Crippen LogP contribution in [0.2, 0.25) is 0 Å². The Balaban J connectivity index is 4.32. The molecule has 0 aromatic heterocycles. The van der Waals surface area contributed by atoms with Crippen molar-refractivity contribution in [3.05, 3.63) is 72.9 Å². The van der Waals surface area contributed by atoms with Crippen LogP contribution in [0.4, 0.5) is 0 Å². The smallest absolute Gasteiger partial charge is 0.309 e. The molecule has 0 fully saturated rings. The van der Waals surface area contributed by atoms with Gasteiger partial charge < -0.3 is 14.2 Å². The highest BCUT2D eigenvalue weighted by atomic mass is 16.6. The molecule has 1 atom stereocenters. The molecule has 0 aromatic rings. The van der Waals surface area contributed by atoms with E-state index in [1.54, 1.807) is 6.08 Å². The predicted octanol–water partition coefficient (Wildman–Crippen LogP) is 22.5. The Hall–Kier alpha value is -3.15. The van der Waals surface area contributed by atoms with Crippen molar-refractivity contribution in [1.29, 1.82) is 0 Å². The highest BCUT2D eigenvalue weighted by Crippen LogP contribution is 2.18. The Labute approximate surface area is 472 Å². The molecule has 0 aliphatic carbocycles. The minimum atomic E-state index is -0.817. The maximum absolute atomic E-state index is 12.9. The van der Waals surface area contributed by atoms with E-state index in [2.05, 4.69) is 81.5 Å². The van der Waals surface area contributed by atoms with Crippen LogP contribution in [-0.2, 0) is 28.6 Å². The summed E-state index contributed by atoms with van der Waals surface area (Å²) in [5.74, 6) is -1.03. The molecule has 76 heavy (non-hydrogen) atoms. The van der Waals surface area contributed by atoms with E-state index in [0.717, 1.165) is 70.6 Å². The molecule has 0 heterocycles. The lowest BCUT2D eigenvalue weighted by Crippen LogP contribution is -2.30. The summed E-state index contributed by atoms with van der Waals surface area (Å²) in [6.45, 7) is 6.48. The van der Waals surface area contributed by atoms with Crippen molar-refractivity contribution in [1.82, 2.24) is 0 Å². The maximum Gasteiger partial charge on any atom is 0.309 e. The number of carbonyl (C=O) groups is 3. The van der Waals surface area contributed by atoms with Gasteiger partial charge in [-0.15, -0.1) is 0 Å². The molecule has 0 aliphatic heterocycles. The predicted molar refractivity (Wildman–Crippen MR) is 330 cm³/mol. The fourth-order valence-electron chi connectivity index (χ4n) is 9.57. The van der Waals surface area contributed by atoms with Crippen LogP contribution >= 0.6 is 0 Å². The van der Waals surface area contributed by atoms with Gasteiger partial charge >= 0.3 is 17.9 Å². The van der Waals surface area contributed by atoms with Gasteiger partial charge in [-0.25, -0.2) is 0 Å². The molecule has 0 saturated heterocycles. The Kier molecular flexibility index (Phi) is 61.7. The molecule has 0 amide bonds. The second-order valence-corrected chi connectivity index (χ2v) is 22.0. The summed E-state index contributed by atoms with van der Waals surface area (Å²) in [6.07, 6.45) is 83.8. The van der Waals surface area contributed by atoms with Gasteiger partial charge in [0, 0.05) is 12.8 Å². The molecule has 6 heteroatoms. The molecule has 0 spiro atoms. The first-order chi connectivity index (χ1) is 37.5. The molecule has 0 rings (SSSR count). The van der Waals surface area contributed by atoms with Crippen LogP contribution in [-0.4, -0.2) is 37.2 Å². The lowest BCUT2D eigenvalue weighted by Gasteiger charge is -2.18. The highest BCUT2D eigenvalue weighted by molar-refractivity contribution is 5.72. The van der Waals surface area contributed by atoms with Crippen LogP contribution in [0.25, 0.3) is 0 Å². The number of ether oxygens (including phenoxy) is 3. The first kappa shape index (κ1) is 72.8. The van der Waals surface area contributed by atoms with Gasteiger partial charge in [0.25, 0.3) is 0 Å². The summed E-state index contributed by atoms with van der Waals surface area (Å²) in [5.41, 5.74) is 0. The van der Waals surface area contributed by atoms with Crippen molar-refractivity contribution in [2.75, 3.05) is 13.2 Å². The van der Waals surface area contributed by atoms with Gasteiger partial charge in [-0.2, -0.15) is 0 Å². The second-order valence-electron chi connectivity index (χ2n) is 22.0. The van der Waals surface area contributed by atoms with Gasteiger partial charge in [-0.1, -0.05) is 318 Å². The fourth-order valence-corrected chi connectivity index (χ4v) is 9.57. The number of unbranched alkanes of at least 4 members (excludes halogenated alkanes) is 38. The Morgan fingerprint density at radius 3 is 0.908 bits per heavy atom. The summed E-state index contributed by atoms with van der Waals surface area (Å²) in [6, 6.07) is 0. The number of hydrogen-bond acceptors (Lipinski definition) is 6. The van der Waals surface area contributed by atoms with Crippen LogP contribution in [0.15, 0.2) is 72.9 Å². The normalized spacial score (nSPS) is 12.5. The Morgan fingerprint density at radius 1 is 0.289 bits per heavy atom. The molecule has 0 saturated carbocycles. The fraction of sp³-hybridized carbons (Fsp3) is 0.786. The Morgan fingerprint density at radius 2 is 0.566 bits per heavy atom. The number of carbonyl (C=O) groups excluding carboxylic acids is 3. The van der Waals surface area contributed by atoms with Crippen LogP contribution in [0.5, 0.6) is 0 Å².